The molecule has 0 saturated heterocycles. The summed E-state index contributed by atoms with van der Waals surface area (Å²) < 4.78 is 1.50. The zero-order valence-corrected chi connectivity index (χ0v) is 7.04. The fourth-order valence-corrected chi connectivity index (χ4v) is 1.04. The van der Waals surface area contributed by atoms with Crippen LogP contribution < -0.4 is 5.32 Å². The van der Waals surface area contributed by atoms with Crippen molar-refractivity contribution >= 4 is 37.8 Å². The van der Waals surface area contributed by atoms with Gasteiger partial charge in [-0.2, -0.15) is 0 Å². The molecule has 0 radical (unpaired) electrons. The zero-order chi connectivity index (χ0) is 6.15. The monoisotopic (exact) mass is 239 g/mol. The SMILES string of the molecule is O=C1NCC(Br)=C1Br. The van der Waals surface area contributed by atoms with Gasteiger partial charge in [0.25, 0.3) is 5.91 Å². The van der Waals surface area contributed by atoms with Gasteiger partial charge < -0.3 is 5.32 Å². The van der Waals surface area contributed by atoms with Crippen molar-refractivity contribution in [2.24, 2.45) is 0 Å². The smallest absolute Gasteiger partial charge is 0.259 e. The van der Waals surface area contributed by atoms with Crippen LogP contribution in [0.2, 0.25) is 0 Å². The summed E-state index contributed by atoms with van der Waals surface area (Å²) in [7, 11) is 0. The number of carbonyl (C=O) groups excluding carboxylic acids is 1. The molecule has 44 valence electrons. The minimum Gasteiger partial charge on any atom is -0.347 e. The fraction of sp³-hybridized carbons (Fsp3) is 0.250. The molecule has 0 aromatic rings. The standard InChI is InChI=1S/C4H3Br2NO/c5-2-1-7-4(8)3(2)6/h1H2,(H,7,8). The highest BCUT2D eigenvalue weighted by atomic mass is 79.9. The third-order valence-corrected chi connectivity index (χ3v) is 2.89. The van der Waals surface area contributed by atoms with E-state index in [0.29, 0.717) is 11.0 Å². The predicted octanol–water partition coefficient (Wildman–Crippen LogP) is 1.12. The first-order valence-corrected chi connectivity index (χ1v) is 3.63. The first kappa shape index (κ1) is 6.29. The van der Waals surface area contributed by atoms with Gasteiger partial charge in [-0.05, 0) is 15.9 Å². The van der Waals surface area contributed by atoms with Crippen molar-refractivity contribution in [1.29, 1.82) is 0 Å². The van der Waals surface area contributed by atoms with Crippen LogP contribution in [0.4, 0.5) is 0 Å². The summed E-state index contributed by atoms with van der Waals surface area (Å²) in [6, 6.07) is 0. The molecule has 0 bridgehead atoms. The van der Waals surface area contributed by atoms with E-state index in [2.05, 4.69) is 37.2 Å². The second-order valence-corrected chi connectivity index (χ2v) is 3.15. The Balaban J connectivity index is 2.86. The molecule has 1 rings (SSSR count). The Kier molecular flexibility index (Phi) is 1.72. The Morgan fingerprint density at radius 2 is 2.12 bits per heavy atom. The molecule has 0 aromatic heterocycles. The van der Waals surface area contributed by atoms with Gasteiger partial charge in [0.05, 0.1) is 11.0 Å². The van der Waals surface area contributed by atoms with Gasteiger partial charge in [0.1, 0.15) is 0 Å². The van der Waals surface area contributed by atoms with Crippen molar-refractivity contribution in [2.45, 2.75) is 0 Å². The summed E-state index contributed by atoms with van der Waals surface area (Å²) >= 11 is 6.28. The highest BCUT2D eigenvalue weighted by molar-refractivity contribution is 9.14. The fourth-order valence-electron chi connectivity index (χ4n) is 0.436. The largest absolute Gasteiger partial charge is 0.347 e. The summed E-state index contributed by atoms with van der Waals surface area (Å²) in [6.45, 7) is 0.611. The maximum atomic E-state index is 10.5. The minimum absolute atomic E-state index is 0.0446. The molecule has 1 heterocycles. The van der Waals surface area contributed by atoms with Crippen LogP contribution in [0.5, 0.6) is 0 Å². The Labute approximate surface area is 63.6 Å². The number of amides is 1. The Hall–Kier alpha value is 0.170. The van der Waals surface area contributed by atoms with Crippen molar-refractivity contribution in [3.05, 3.63) is 8.96 Å². The van der Waals surface area contributed by atoms with Crippen LogP contribution in [-0.4, -0.2) is 12.5 Å². The topological polar surface area (TPSA) is 29.1 Å². The van der Waals surface area contributed by atoms with E-state index in [1.54, 1.807) is 0 Å². The molecule has 2 nitrogen and oxygen atoms in total. The average molecular weight is 241 g/mol. The lowest BCUT2D eigenvalue weighted by Gasteiger charge is -1.84. The Morgan fingerprint density at radius 1 is 1.50 bits per heavy atom. The molecule has 8 heavy (non-hydrogen) atoms. The van der Waals surface area contributed by atoms with E-state index < -0.39 is 0 Å². The summed E-state index contributed by atoms with van der Waals surface area (Å²) in [4.78, 5) is 10.5. The van der Waals surface area contributed by atoms with Crippen molar-refractivity contribution in [3.63, 3.8) is 0 Å². The molecule has 1 aliphatic heterocycles. The number of hydrogen-bond acceptors (Lipinski definition) is 1. The van der Waals surface area contributed by atoms with E-state index in [0.717, 1.165) is 4.48 Å². The van der Waals surface area contributed by atoms with Gasteiger partial charge in [-0.25, -0.2) is 0 Å². The van der Waals surface area contributed by atoms with Crippen LogP contribution in [0, 0.1) is 0 Å². The van der Waals surface area contributed by atoms with Gasteiger partial charge in [-0.3, -0.25) is 4.79 Å². The van der Waals surface area contributed by atoms with Crippen molar-refractivity contribution < 1.29 is 4.79 Å². The highest BCUT2D eigenvalue weighted by Crippen LogP contribution is 2.21. The quantitative estimate of drug-likeness (QED) is 0.676. The minimum atomic E-state index is -0.0446. The van der Waals surface area contributed by atoms with Crippen LogP contribution >= 0.6 is 31.9 Å². The second kappa shape index (κ2) is 2.19. The third-order valence-electron chi connectivity index (χ3n) is 0.842. The molecule has 0 fully saturated rings. The molecule has 0 unspecified atom stereocenters. The van der Waals surface area contributed by atoms with Crippen molar-refractivity contribution in [3.8, 4) is 0 Å². The summed E-state index contributed by atoms with van der Waals surface area (Å²) in [5.41, 5.74) is 0. The molecule has 0 aromatic carbocycles. The van der Waals surface area contributed by atoms with E-state index >= 15 is 0 Å². The van der Waals surface area contributed by atoms with Crippen molar-refractivity contribution in [2.75, 3.05) is 6.54 Å². The van der Waals surface area contributed by atoms with Crippen LogP contribution in [0.15, 0.2) is 8.96 Å². The lowest BCUT2D eigenvalue weighted by atomic mass is 10.6. The van der Waals surface area contributed by atoms with Gasteiger partial charge in [0.15, 0.2) is 0 Å². The summed E-state index contributed by atoms with van der Waals surface area (Å²) in [6.07, 6.45) is 0. The number of rotatable bonds is 0. The molecule has 0 saturated carbocycles. The van der Waals surface area contributed by atoms with E-state index in [9.17, 15) is 4.79 Å². The molecule has 4 heteroatoms. The highest BCUT2D eigenvalue weighted by Gasteiger charge is 2.16. The molecular formula is C4H3Br2NO. The Bertz CT molecular complexity index is 163. The maximum Gasteiger partial charge on any atom is 0.259 e. The molecule has 1 N–H and O–H groups in total. The number of halogens is 2. The van der Waals surface area contributed by atoms with E-state index in [1.165, 1.54) is 0 Å². The van der Waals surface area contributed by atoms with Crippen LogP contribution in [0.25, 0.3) is 0 Å². The van der Waals surface area contributed by atoms with Crippen LogP contribution in [-0.2, 0) is 4.79 Å². The average Bonchev–Trinajstić information content (AvgIpc) is 1.98. The van der Waals surface area contributed by atoms with Gasteiger partial charge in [-0.1, -0.05) is 15.9 Å². The lowest BCUT2D eigenvalue weighted by Crippen LogP contribution is -2.15. The van der Waals surface area contributed by atoms with Crippen LogP contribution in [0.3, 0.4) is 0 Å². The molecule has 0 aliphatic carbocycles. The first-order chi connectivity index (χ1) is 3.72. The van der Waals surface area contributed by atoms with Gasteiger partial charge >= 0.3 is 0 Å². The maximum absolute atomic E-state index is 10.5. The molecule has 0 spiro atoms. The van der Waals surface area contributed by atoms with Gasteiger partial charge in [0, 0.05) is 4.48 Å². The second-order valence-electron chi connectivity index (χ2n) is 1.40. The normalized spacial score (nSPS) is 19.5. The molecule has 1 aliphatic rings. The van der Waals surface area contributed by atoms with Crippen molar-refractivity contribution in [1.82, 2.24) is 5.32 Å². The number of hydrogen-bond donors (Lipinski definition) is 1. The van der Waals surface area contributed by atoms with Gasteiger partial charge in [-0.15, -0.1) is 0 Å². The molecule has 0 atom stereocenters. The number of nitrogens with one attached hydrogen (secondary N) is 1. The van der Waals surface area contributed by atoms with E-state index in [4.69, 9.17) is 0 Å². The molecular weight excluding hydrogens is 238 g/mol. The van der Waals surface area contributed by atoms with E-state index in [1.807, 2.05) is 0 Å². The molecule has 1 amide bonds. The zero-order valence-electron chi connectivity index (χ0n) is 3.87. The van der Waals surface area contributed by atoms with Crippen LogP contribution in [0.1, 0.15) is 0 Å². The predicted molar refractivity (Wildman–Crippen MR) is 37.9 cm³/mol. The Morgan fingerprint density at radius 3 is 2.25 bits per heavy atom. The summed E-state index contributed by atoms with van der Waals surface area (Å²) in [5, 5.41) is 2.61. The summed E-state index contributed by atoms with van der Waals surface area (Å²) in [5.74, 6) is -0.0446. The third kappa shape index (κ3) is 0.951. The van der Waals surface area contributed by atoms with E-state index in [-0.39, 0.29) is 5.91 Å². The van der Waals surface area contributed by atoms with Gasteiger partial charge in [0.2, 0.25) is 0 Å². The number of carbonyl (C=O) groups is 1. The lowest BCUT2D eigenvalue weighted by molar-refractivity contribution is -0.115. The first-order valence-electron chi connectivity index (χ1n) is 2.04.